The van der Waals surface area contributed by atoms with Crippen LogP contribution >= 0.6 is 0 Å². The van der Waals surface area contributed by atoms with Gasteiger partial charge in [-0.1, -0.05) is 61.5 Å². The summed E-state index contributed by atoms with van der Waals surface area (Å²) in [5.41, 5.74) is -4.47. The standard InChI is InChI=1S/C33H29F6NO3/c1-4-21-17-24(32(36,31(3,34)35)33(37,38)39)16-19(2)28(21)40-30(43)22-14-12-20(13-15-22)8-7-9-23-18-27(41)25-10-5-6-11-26(25)29(23)42/h5-7,9-18,41-42H,4,8H2,1-3H3,(H,40,43)/b9-7+. The van der Waals surface area contributed by atoms with Crippen molar-refractivity contribution in [3.63, 3.8) is 0 Å². The summed E-state index contributed by atoms with van der Waals surface area (Å²) in [7, 11) is 0. The quantitative estimate of drug-likeness (QED) is 0.139. The minimum absolute atomic E-state index is 0.00274. The van der Waals surface area contributed by atoms with Crippen molar-refractivity contribution in [1.29, 1.82) is 0 Å². The second-order valence-electron chi connectivity index (χ2n) is 10.4. The van der Waals surface area contributed by atoms with E-state index < -0.39 is 29.2 Å². The minimum Gasteiger partial charge on any atom is -0.507 e. The molecule has 0 saturated heterocycles. The second-order valence-corrected chi connectivity index (χ2v) is 10.4. The summed E-state index contributed by atoms with van der Waals surface area (Å²) in [4.78, 5) is 13.0. The third-order valence-electron chi connectivity index (χ3n) is 7.32. The third-order valence-corrected chi connectivity index (χ3v) is 7.32. The number of phenols is 2. The Kier molecular flexibility index (Phi) is 8.53. The Labute approximate surface area is 244 Å². The number of fused-ring (bicyclic) bond motifs is 1. The number of nitrogens with one attached hydrogen (secondary N) is 1. The normalized spacial score (nSPS) is 13.8. The molecule has 43 heavy (non-hydrogen) atoms. The molecular weight excluding hydrogens is 572 g/mol. The molecule has 4 rings (SSSR count). The number of hydrogen-bond donors (Lipinski definition) is 3. The van der Waals surface area contributed by atoms with E-state index in [-0.39, 0.29) is 47.2 Å². The molecule has 4 nitrogen and oxygen atoms in total. The van der Waals surface area contributed by atoms with Gasteiger partial charge in [-0.25, -0.2) is 13.2 Å². The Morgan fingerprint density at radius 1 is 0.907 bits per heavy atom. The van der Waals surface area contributed by atoms with Crippen molar-refractivity contribution in [3.05, 3.63) is 106 Å². The van der Waals surface area contributed by atoms with Crippen LogP contribution in [0.3, 0.4) is 0 Å². The van der Waals surface area contributed by atoms with E-state index in [1.807, 2.05) is 0 Å². The molecule has 0 saturated carbocycles. The lowest BCUT2D eigenvalue weighted by atomic mass is 9.86. The van der Waals surface area contributed by atoms with Gasteiger partial charge >= 0.3 is 6.18 Å². The number of carbonyl (C=O) groups is 1. The molecule has 1 atom stereocenters. The molecule has 10 heteroatoms. The summed E-state index contributed by atoms with van der Waals surface area (Å²) in [6.07, 6.45) is -1.95. The van der Waals surface area contributed by atoms with Crippen LogP contribution in [0.1, 0.15) is 52.0 Å². The predicted octanol–water partition coefficient (Wildman–Crippen LogP) is 9.01. The zero-order valence-electron chi connectivity index (χ0n) is 23.5. The van der Waals surface area contributed by atoms with Crippen LogP contribution in [0.25, 0.3) is 16.8 Å². The van der Waals surface area contributed by atoms with Crippen molar-refractivity contribution in [1.82, 2.24) is 0 Å². The number of aromatic hydroxyl groups is 2. The Bertz CT molecular complexity index is 1670. The average Bonchev–Trinajstić information content (AvgIpc) is 2.95. The molecular formula is C33H29F6NO3. The van der Waals surface area contributed by atoms with Gasteiger partial charge in [0.05, 0.1) is 0 Å². The fourth-order valence-corrected chi connectivity index (χ4v) is 4.97. The van der Waals surface area contributed by atoms with Gasteiger partial charge in [-0.2, -0.15) is 13.2 Å². The van der Waals surface area contributed by atoms with Gasteiger partial charge in [-0.05, 0) is 60.7 Å². The maximum Gasteiger partial charge on any atom is 0.432 e. The van der Waals surface area contributed by atoms with Gasteiger partial charge in [0.2, 0.25) is 0 Å². The van der Waals surface area contributed by atoms with E-state index in [1.165, 1.54) is 13.0 Å². The molecule has 0 aliphatic rings. The lowest BCUT2D eigenvalue weighted by molar-refractivity contribution is -0.304. The van der Waals surface area contributed by atoms with E-state index in [2.05, 4.69) is 5.32 Å². The fraction of sp³-hybridized carbons (Fsp3) is 0.242. The first kappa shape index (κ1) is 31.5. The first-order valence-electron chi connectivity index (χ1n) is 13.4. The molecule has 0 fully saturated rings. The maximum atomic E-state index is 15.0. The van der Waals surface area contributed by atoms with Gasteiger partial charge in [0, 0.05) is 40.1 Å². The van der Waals surface area contributed by atoms with Crippen molar-refractivity contribution in [2.45, 2.75) is 51.4 Å². The first-order valence-corrected chi connectivity index (χ1v) is 13.4. The van der Waals surface area contributed by atoms with Crippen LogP contribution in [0.2, 0.25) is 0 Å². The highest BCUT2D eigenvalue weighted by atomic mass is 19.4. The van der Waals surface area contributed by atoms with Crippen molar-refractivity contribution in [2.75, 3.05) is 5.32 Å². The molecule has 0 aromatic heterocycles. The number of phenolic OH excluding ortho intramolecular Hbond substituents is 2. The van der Waals surface area contributed by atoms with Gasteiger partial charge in [-0.15, -0.1) is 0 Å². The number of carbonyl (C=O) groups excluding carboxylic acids is 1. The van der Waals surface area contributed by atoms with Crippen LogP contribution < -0.4 is 5.32 Å². The lowest BCUT2D eigenvalue weighted by Crippen LogP contribution is -2.51. The van der Waals surface area contributed by atoms with Gasteiger partial charge < -0.3 is 15.5 Å². The van der Waals surface area contributed by atoms with Crippen LogP contribution in [0.5, 0.6) is 11.5 Å². The molecule has 1 unspecified atom stereocenters. The van der Waals surface area contributed by atoms with Gasteiger partial charge in [0.15, 0.2) is 0 Å². The van der Waals surface area contributed by atoms with Crippen LogP contribution in [0.4, 0.5) is 32.0 Å². The minimum atomic E-state index is -5.87. The molecule has 226 valence electrons. The van der Waals surface area contributed by atoms with Gasteiger partial charge in [0.1, 0.15) is 11.5 Å². The number of halogens is 6. The topological polar surface area (TPSA) is 69.6 Å². The predicted molar refractivity (Wildman–Crippen MR) is 154 cm³/mol. The molecule has 0 heterocycles. The molecule has 4 aromatic carbocycles. The molecule has 0 aliphatic carbocycles. The van der Waals surface area contributed by atoms with E-state index in [0.717, 1.165) is 11.6 Å². The number of hydrogen-bond acceptors (Lipinski definition) is 3. The molecule has 0 spiro atoms. The Morgan fingerprint density at radius 3 is 2.12 bits per heavy atom. The Hall–Kier alpha value is -4.47. The van der Waals surface area contributed by atoms with Gasteiger partial charge in [0.25, 0.3) is 17.5 Å². The molecule has 0 bridgehead atoms. The zero-order chi connectivity index (χ0) is 31.7. The molecule has 0 radical (unpaired) electrons. The van der Waals surface area contributed by atoms with E-state index in [9.17, 15) is 37.0 Å². The highest BCUT2D eigenvalue weighted by Gasteiger charge is 2.70. The highest BCUT2D eigenvalue weighted by molar-refractivity contribution is 6.05. The fourth-order valence-electron chi connectivity index (χ4n) is 4.97. The van der Waals surface area contributed by atoms with E-state index in [0.29, 0.717) is 28.8 Å². The lowest BCUT2D eigenvalue weighted by Gasteiger charge is -2.34. The average molecular weight is 602 g/mol. The van der Waals surface area contributed by atoms with Crippen molar-refractivity contribution in [2.24, 2.45) is 0 Å². The van der Waals surface area contributed by atoms with E-state index in [4.69, 9.17) is 0 Å². The smallest absolute Gasteiger partial charge is 0.432 e. The van der Waals surface area contributed by atoms with Crippen LogP contribution in [-0.2, 0) is 18.5 Å². The maximum absolute atomic E-state index is 15.0. The number of rotatable bonds is 8. The van der Waals surface area contributed by atoms with E-state index >= 15 is 4.39 Å². The van der Waals surface area contributed by atoms with Crippen LogP contribution in [0, 0.1) is 6.92 Å². The molecule has 3 N–H and O–H groups in total. The number of aryl methyl sites for hydroxylation is 2. The van der Waals surface area contributed by atoms with E-state index in [1.54, 1.807) is 67.6 Å². The molecule has 4 aromatic rings. The largest absolute Gasteiger partial charge is 0.507 e. The number of amides is 1. The zero-order valence-corrected chi connectivity index (χ0v) is 23.5. The van der Waals surface area contributed by atoms with Crippen LogP contribution in [-0.4, -0.2) is 28.2 Å². The summed E-state index contributed by atoms with van der Waals surface area (Å²) < 4.78 is 83.5. The Morgan fingerprint density at radius 2 is 1.53 bits per heavy atom. The number of anilines is 1. The SMILES string of the molecule is CCc1cc(C(F)(C(C)(F)F)C(F)(F)F)cc(C)c1NC(=O)c1ccc(C/C=C/c2cc(O)c3ccccc3c2O)cc1. The summed E-state index contributed by atoms with van der Waals surface area (Å²) in [5, 5.41) is 24.5. The highest BCUT2D eigenvalue weighted by Crippen LogP contribution is 2.53. The summed E-state index contributed by atoms with van der Waals surface area (Å²) in [6, 6.07) is 16.2. The van der Waals surface area contributed by atoms with Crippen molar-refractivity contribution < 1.29 is 41.4 Å². The monoisotopic (exact) mass is 601 g/mol. The summed E-state index contributed by atoms with van der Waals surface area (Å²) in [6.45, 7) is 2.74. The van der Waals surface area contributed by atoms with Crippen molar-refractivity contribution in [3.8, 4) is 11.5 Å². The number of alkyl halides is 6. The second kappa shape index (κ2) is 11.7. The van der Waals surface area contributed by atoms with Crippen LogP contribution in [0.15, 0.2) is 72.8 Å². The summed E-state index contributed by atoms with van der Waals surface area (Å²) in [5.74, 6) is -5.27. The first-order chi connectivity index (χ1) is 20.1. The number of benzene rings is 4. The molecule has 0 aliphatic heterocycles. The number of allylic oxidation sites excluding steroid dienone is 1. The molecule has 1 amide bonds. The third kappa shape index (κ3) is 6.04. The Balaban J connectivity index is 1.51. The van der Waals surface area contributed by atoms with Crippen molar-refractivity contribution >= 4 is 28.4 Å². The van der Waals surface area contributed by atoms with Gasteiger partial charge in [-0.3, -0.25) is 4.79 Å². The summed E-state index contributed by atoms with van der Waals surface area (Å²) >= 11 is 0.